The first-order chi connectivity index (χ1) is 17.5. The molecule has 36 heavy (non-hydrogen) atoms. The third-order valence-electron chi connectivity index (χ3n) is 8.17. The monoisotopic (exact) mass is 471 g/mol. The molecule has 0 radical (unpaired) electrons. The molecular formula is C33H31N2O+. The lowest BCUT2D eigenvalue weighted by atomic mass is 9.75. The van der Waals surface area contributed by atoms with E-state index in [4.69, 9.17) is 4.42 Å². The molecule has 1 aliphatic carbocycles. The summed E-state index contributed by atoms with van der Waals surface area (Å²) in [4.78, 5) is 0. The molecule has 0 aliphatic heterocycles. The maximum absolute atomic E-state index is 10.1. The molecule has 0 bridgehead atoms. The number of rotatable bonds is 3. The van der Waals surface area contributed by atoms with Crippen molar-refractivity contribution in [3.63, 3.8) is 0 Å². The van der Waals surface area contributed by atoms with Crippen molar-refractivity contribution in [2.24, 2.45) is 7.05 Å². The first-order valence-electron chi connectivity index (χ1n) is 13.0. The van der Waals surface area contributed by atoms with Crippen molar-refractivity contribution in [2.45, 2.75) is 51.4 Å². The zero-order valence-corrected chi connectivity index (χ0v) is 21.2. The Bertz CT molecular complexity index is 1630. The molecule has 0 saturated heterocycles. The number of fused-ring (bicyclic) bond motifs is 3. The number of nitriles is 1. The molecule has 0 atom stereocenters. The summed E-state index contributed by atoms with van der Waals surface area (Å²) in [7, 11) is 2.07. The number of pyridine rings is 1. The fourth-order valence-corrected chi connectivity index (χ4v) is 6.18. The molecule has 5 aromatic rings. The van der Waals surface area contributed by atoms with Crippen LogP contribution in [0, 0.1) is 25.2 Å². The molecule has 0 amide bonds. The number of hydrogen-bond acceptors (Lipinski definition) is 2. The van der Waals surface area contributed by atoms with Gasteiger partial charge in [0.15, 0.2) is 6.20 Å². The van der Waals surface area contributed by atoms with Crippen LogP contribution in [-0.4, -0.2) is 0 Å². The molecule has 3 aromatic carbocycles. The molecule has 0 unspecified atom stereocenters. The summed E-state index contributed by atoms with van der Waals surface area (Å²) in [6.45, 7) is 4.28. The zero-order chi connectivity index (χ0) is 24.8. The fraction of sp³-hybridized carbons (Fsp3) is 0.273. The number of aromatic nitrogens is 1. The lowest BCUT2D eigenvalue weighted by molar-refractivity contribution is -0.660. The van der Waals surface area contributed by atoms with Crippen molar-refractivity contribution in [1.29, 1.82) is 5.26 Å². The molecule has 1 aliphatic rings. The molecule has 2 heterocycles. The van der Waals surface area contributed by atoms with E-state index < -0.39 is 0 Å². The van der Waals surface area contributed by atoms with E-state index in [0.717, 1.165) is 70.0 Å². The van der Waals surface area contributed by atoms with Gasteiger partial charge in [-0.15, -0.1) is 0 Å². The summed E-state index contributed by atoms with van der Waals surface area (Å²) in [5.74, 6) is 0.928. The average Bonchev–Trinajstić information content (AvgIpc) is 3.28. The van der Waals surface area contributed by atoms with Gasteiger partial charge in [-0.25, -0.2) is 4.57 Å². The number of benzene rings is 3. The van der Waals surface area contributed by atoms with Crippen LogP contribution >= 0.6 is 0 Å². The number of hydrogen-bond donors (Lipinski definition) is 0. The zero-order valence-electron chi connectivity index (χ0n) is 21.2. The Morgan fingerprint density at radius 3 is 2.22 bits per heavy atom. The second-order valence-corrected chi connectivity index (χ2v) is 10.4. The summed E-state index contributed by atoms with van der Waals surface area (Å²) in [5, 5.41) is 12.3. The second kappa shape index (κ2) is 8.95. The lowest BCUT2D eigenvalue weighted by Crippen LogP contribution is -2.30. The van der Waals surface area contributed by atoms with Gasteiger partial charge in [-0.1, -0.05) is 42.0 Å². The second-order valence-electron chi connectivity index (χ2n) is 10.4. The molecular weight excluding hydrogens is 440 g/mol. The summed E-state index contributed by atoms with van der Waals surface area (Å²) in [5.41, 5.74) is 9.85. The van der Waals surface area contributed by atoms with Crippen molar-refractivity contribution >= 4 is 21.9 Å². The Morgan fingerprint density at radius 1 is 0.806 bits per heavy atom. The highest BCUT2D eigenvalue weighted by Crippen LogP contribution is 2.46. The van der Waals surface area contributed by atoms with Gasteiger partial charge >= 0.3 is 0 Å². The van der Waals surface area contributed by atoms with Gasteiger partial charge in [0.2, 0.25) is 5.69 Å². The normalized spacial score (nSPS) is 17.9. The van der Waals surface area contributed by atoms with Crippen LogP contribution in [0.25, 0.3) is 33.2 Å². The van der Waals surface area contributed by atoms with Crippen LogP contribution in [-0.2, 0) is 7.05 Å². The fourth-order valence-electron chi connectivity index (χ4n) is 6.18. The quantitative estimate of drug-likeness (QED) is 0.250. The third-order valence-corrected chi connectivity index (χ3v) is 8.17. The topological polar surface area (TPSA) is 40.8 Å². The molecule has 0 spiro atoms. The molecule has 178 valence electrons. The lowest BCUT2D eigenvalue weighted by Gasteiger charge is -2.29. The van der Waals surface area contributed by atoms with Crippen LogP contribution in [0.4, 0.5) is 0 Å². The maximum atomic E-state index is 10.1. The highest BCUT2D eigenvalue weighted by atomic mass is 16.3. The van der Waals surface area contributed by atoms with Crippen LogP contribution in [0.15, 0.2) is 77.3 Å². The first-order valence-corrected chi connectivity index (χ1v) is 13.0. The minimum atomic E-state index is 0.336. The van der Waals surface area contributed by atoms with Crippen molar-refractivity contribution in [3.8, 4) is 17.3 Å². The molecule has 1 saturated carbocycles. The standard InChI is InChI=1S/C33H31N2O/c1-21-7-10-23(11-8-21)24-12-14-25(15-13-24)31-26(20-34)16-18-28-27-17-9-22(2)30(32(27)36-33(28)31)29-6-4-5-19-35(29)3/h4-11,16-19,24-25H,12-15H2,1-3H3/q+1. The molecule has 3 nitrogen and oxygen atoms in total. The van der Waals surface area contributed by atoms with Gasteiger partial charge in [0.25, 0.3) is 0 Å². The Kier molecular flexibility index (Phi) is 5.61. The average molecular weight is 472 g/mol. The Morgan fingerprint density at radius 2 is 1.50 bits per heavy atom. The Hall–Kier alpha value is -3.90. The van der Waals surface area contributed by atoms with E-state index in [1.165, 1.54) is 16.7 Å². The largest absolute Gasteiger partial charge is 0.455 e. The predicted octanol–water partition coefficient (Wildman–Crippen LogP) is 8.01. The van der Waals surface area contributed by atoms with E-state index >= 15 is 0 Å². The van der Waals surface area contributed by atoms with E-state index in [-0.39, 0.29) is 0 Å². The summed E-state index contributed by atoms with van der Waals surface area (Å²) in [6.07, 6.45) is 6.49. The van der Waals surface area contributed by atoms with E-state index in [9.17, 15) is 5.26 Å². The van der Waals surface area contributed by atoms with E-state index in [1.807, 2.05) is 12.1 Å². The smallest absolute Gasteiger partial charge is 0.216 e. The first kappa shape index (κ1) is 22.6. The van der Waals surface area contributed by atoms with Crippen LogP contribution in [0.2, 0.25) is 0 Å². The van der Waals surface area contributed by atoms with Gasteiger partial charge in [-0.3, -0.25) is 0 Å². The predicted molar refractivity (Wildman–Crippen MR) is 145 cm³/mol. The van der Waals surface area contributed by atoms with Crippen molar-refractivity contribution in [1.82, 2.24) is 0 Å². The number of furan rings is 1. The number of nitrogens with zero attached hydrogens (tertiary/aromatic N) is 2. The van der Waals surface area contributed by atoms with Crippen LogP contribution in [0.1, 0.15) is 65.3 Å². The Balaban J connectivity index is 1.46. The minimum absolute atomic E-state index is 0.336. The van der Waals surface area contributed by atoms with Gasteiger partial charge in [0.05, 0.1) is 17.2 Å². The molecule has 0 N–H and O–H groups in total. The van der Waals surface area contributed by atoms with Crippen LogP contribution < -0.4 is 4.57 Å². The van der Waals surface area contributed by atoms with Gasteiger partial charge in [-0.05, 0) is 80.7 Å². The summed E-state index contributed by atoms with van der Waals surface area (Å²) in [6, 6.07) is 26.2. The highest BCUT2D eigenvalue weighted by molar-refractivity contribution is 6.11. The highest BCUT2D eigenvalue weighted by Gasteiger charge is 2.29. The van der Waals surface area contributed by atoms with Gasteiger partial charge in [-0.2, -0.15) is 5.26 Å². The van der Waals surface area contributed by atoms with Gasteiger partial charge < -0.3 is 4.42 Å². The summed E-state index contributed by atoms with van der Waals surface area (Å²) < 4.78 is 8.90. The van der Waals surface area contributed by atoms with Gasteiger partial charge in [0, 0.05) is 28.5 Å². The SMILES string of the molecule is Cc1ccc(C2CCC(c3c(C#N)ccc4c3oc3c(-c5cccc[n+]5C)c(C)ccc34)CC2)cc1. The molecule has 2 aromatic heterocycles. The molecule has 1 fully saturated rings. The summed E-state index contributed by atoms with van der Waals surface area (Å²) >= 11 is 0. The van der Waals surface area contributed by atoms with Crippen molar-refractivity contribution in [2.75, 3.05) is 0 Å². The van der Waals surface area contributed by atoms with E-state index in [2.05, 4.69) is 92.3 Å². The van der Waals surface area contributed by atoms with Crippen molar-refractivity contribution in [3.05, 3.63) is 101 Å². The molecule has 3 heteroatoms. The number of aryl methyl sites for hydroxylation is 3. The van der Waals surface area contributed by atoms with Gasteiger partial charge in [0.1, 0.15) is 18.2 Å². The third kappa shape index (κ3) is 3.69. The maximum Gasteiger partial charge on any atom is 0.216 e. The van der Waals surface area contributed by atoms with Crippen LogP contribution in [0.5, 0.6) is 0 Å². The van der Waals surface area contributed by atoms with E-state index in [1.54, 1.807) is 0 Å². The molecule has 6 rings (SSSR count). The Labute approximate surface area is 212 Å². The van der Waals surface area contributed by atoms with E-state index in [0.29, 0.717) is 11.8 Å². The minimum Gasteiger partial charge on any atom is -0.455 e. The van der Waals surface area contributed by atoms with Crippen molar-refractivity contribution < 1.29 is 8.98 Å². The van der Waals surface area contributed by atoms with Crippen LogP contribution in [0.3, 0.4) is 0 Å².